The van der Waals surface area contributed by atoms with Crippen molar-refractivity contribution in [2.24, 2.45) is 0 Å². The first-order valence-electron chi connectivity index (χ1n) is 8.49. The highest BCUT2D eigenvalue weighted by Crippen LogP contribution is 2.30. The fourth-order valence-corrected chi connectivity index (χ4v) is 4.41. The van der Waals surface area contributed by atoms with Gasteiger partial charge < -0.3 is 14.2 Å². The predicted octanol–water partition coefficient (Wildman–Crippen LogP) is 4.70. The number of anilines is 1. The minimum Gasteiger partial charge on any atom is -0.467 e. The average Bonchev–Trinajstić information content (AvgIpc) is 3.35. The minimum atomic E-state index is -0.329. The lowest BCUT2D eigenvalue weighted by molar-refractivity contribution is 0.518. The van der Waals surface area contributed by atoms with Crippen molar-refractivity contribution in [2.75, 3.05) is 5.32 Å². The number of fused-ring (bicyclic) bond motifs is 1. The molecule has 0 radical (unpaired) electrons. The molecule has 4 aromatic rings. The maximum Gasteiger partial charge on any atom is 0.336 e. The summed E-state index contributed by atoms with van der Waals surface area (Å²) in [5, 5.41) is 13.2. The van der Waals surface area contributed by atoms with Gasteiger partial charge in [0.15, 0.2) is 4.34 Å². The summed E-state index contributed by atoms with van der Waals surface area (Å²) in [6.07, 6.45) is 2.54. The number of aromatic nitrogens is 2. The molecule has 0 atom stereocenters. The summed E-state index contributed by atoms with van der Waals surface area (Å²) in [7, 11) is 0. The lowest BCUT2D eigenvalue weighted by Gasteiger charge is -2.05. The quantitative estimate of drug-likeness (QED) is 0.356. The molecule has 3 aromatic heterocycles. The van der Waals surface area contributed by atoms with Crippen LogP contribution in [0.5, 0.6) is 0 Å². The smallest absolute Gasteiger partial charge is 0.336 e. The van der Waals surface area contributed by atoms with Crippen LogP contribution < -0.4 is 10.9 Å². The van der Waals surface area contributed by atoms with Crippen LogP contribution in [0.15, 0.2) is 60.6 Å². The van der Waals surface area contributed by atoms with Gasteiger partial charge in [0.05, 0.1) is 12.8 Å². The molecule has 1 aromatic carbocycles. The van der Waals surface area contributed by atoms with Gasteiger partial charge in [0, 0.05) is 17.2 Å². The molecule has 0 spiro atoms. The fourth-order valence-electron chi connectivity index (χ4n) is 2.67. The molecule has 0 unspecified atom stereocenters. The Balaban J connectivity index is 1.46. The molecule has 0 amide bonds. The molecule has 0 fully saturated rings. The van der Waals surface area contributed by atoms with Gasteiger partial charge in [-0.2, -0.15) is 0 Å². The van der Waals surface area contributed by atoms with Crippen LogP contribution in [0.1, 0.15) is 23.8 Å². The molecule has 138 valence electrons. The highest BCUT2D eigenvalue weighted by atomic mass is 32.2. The summed E-state index contributed by atoms with van der Waals surface area (Å²) in [6.45, 7) is 2.64. The first-order valence-corrected chi connectivity index (χ1v) is 10.3. The van der Waals surface area contributed by atoms with Crippen molar-refractivity contribution in [2.45, 2.75) is 30.0 Å². The van der Waals surface area contributed by atoms with E-state index >= 15 is 0 Å². The highest BCUT2D eigenvalue weighted by molar-refractivity contribution is 8.00. The zero-order valence-corrected chi connectivity index (χ0v) is 16.2. The van der Waals surface area contributed by atoms with E-state index in [2.05, 4.69) is 28.5 Å². The largest absolute Gasteiger partial charge is 0.467 e. The number of nitrogens with one attached hydrogen (secondary N) is 1. The fraction of sp³-hybridized carbons (Fsp3) is 0.211. The summed E-state index contributed by atoms with van der Waals surface area (Å²) in [5.41, 5.74) is 2.39. The van der Waals surface area contributed by atoms with E-state index in [1.54, 1.807) is 24.1 Å². The SMILES string of the molecule is CCc1ccc2c(CSc3nnc(NCc4ccco4)s3)cc(=O)oc2c1. The summed E-state index contributed by atoms with van der Waals surface area (Å²) in [6, 6.07) is 11.3. The van der Waals surface area contributed by atoms with Gasteiger partial charge in [-0.15, -0.1) is 10.2 Å². The van der Waals surface area contributed by atoms with Crippen LogP contribution in [-0.2, 0) is 18.7 Å². The summed E-state index contributed by atoms with van der Waals surface area (Å²) >= 11 is 3.03. The number of hydrogen-bond acceptors (Lipinski definition) is 8. The normalized spacial score (nSPS) is 11.1. The third kappa shape index (κ3) is 4.23. The summed E-state index contributed by atoms with van der Waals surface area (Å²) in [4.78, 5) is 11.9. The second-order valence-electron chi connectivity index (χ2n) is 5.87. The Kier molecular flexibility index (Phi) is 5.26. The second kappa shape index (κ2) is 7.98. The highest BCUT2D eigenvalue weighted by Gasteiger charge is 2.10. The molecule has 0 aliphatic rings. The Hall–Kier alpha value is -2.58. The topological polar surface area (TPSA) is 81.2 Å². The number of furan rings is 1. The molecule has 0 aliphatic carbocycles. The van der Waals surface area contributed by atoms with Crippen LogP contribution in [0.4, 0.5) is 5.13 Å². The van der Waals surface area contributed by atoms with E-state index in [1.165, 1.54) is 11.3 Å². The Labute approximate surface area is 163 Å². The van der Waals surface area contributed by atoms with Crippen LogP contribution in [0, 0.1) is 0 Å². The Bertz CT molecular complexity index is 1100. The zero-order chi connectivity index (χ0) is 18.6. The molecule has 1 N–H and O–H groups in total. The molecule has 8 heteroatoms. The molecule has 0 bridgehead atoms. The van der Waals surface area contributed by atoms with Crippen LogP contribution in [0.2, 0.25) is 0 Å². The Morgan fingerprint density at radius 1 is 1.22 bits per heavy atom. The summed E-state index contributed by atoms with van der Waals surface area (Å²) < 4.78 is 11.5. The number of hydrogen-bond donors (Lipinski definition) is 1. The third-order valence-electron chi connectivity index (χ3n) is 4.05. The van der Waals surface area contributed by atoms with E-state index in [-0.39, 0.29) is 5.63 Å². The van der Waals surface area contributed by atoms with Gasteiger partial charge in [0.2, 0.25) is 5.13 Å². The number of rotatable bonds is 7. The van der Waals surface area contributed by atoms with Crippen molar-refractivity contribution in [3.8, 4) is 0 Å². The van der Waals surface area contributed by atoms with E-state index < -0.39 is 0 Å². The van der Waals surface area contributed by atoms with Gasteiger partial charge in [0.25, 0.3) is 0 Å². The molecule has 3 heterocycles. The van der Waals surface area contributed by atoms with Crippen LogP contribution in [0.25, 0.3) is 11.0 Å². The first kappa shape index (κ1) is 17.8. The van der Waals surface area contributed by atoms with Gasteiger partial charge in [-0.25, -0.2) is 4.79 Å². The van der Waals surface area contributed by atoms with Crippen LogP contribution in [0.3, 0.4) is 0 Å². The lowest BCUT2D eigenvalue weighted by atomic mass is 10.1. The third-order valence-corrected chi connectivity index (χ3v) is 6.12. The molecular formula is C19H17N3O3S2. The molecule has 27 heavy (non-hydrogen) atoms. The standard InChI is InChI=1S/C19H17N3O3S2/c1-2-12-5-6-15-13(9-17(23)25-16(15)8-12)11-26-19-22-21-18(27-19)20-10-14-4-3-7-24-14/h3-9H,2,10-11H2,1H3,(H,20,21). The van der Waals surface area contributed by atoms with Gasteiger partial charge in [-0.3, -0.25) is 0 Å². The number of aryl methyl sites for hydroxylation is 1. The Morgan fingerprint density at radius 3 is 2.96 bits per heavy atom. The monoisotopic (exact) mass is 399 g/mol. The maximum atomic E-state index is 11.9. The minimum absolute atomic E-state index is 0.329. The average molecular weight is 399 g/mol. The van der Waals surface area contributed by atoms with E-state index in [0.717, 1.165) is 38.2 Å². The molecule has 0 aliphatic heterocycles. The van der Waals surface area contributed by atoms with Gasteiger partial charge in [0.1, 0.15) is 11.3 Å². The molecule has 0 saturated heterocycles. The van der Waals surface area contributed by atoms with Gasteiger partial charge >= 0.3 is 5.63 Å². The number of nitrogens with zero attached hydrogens (tertiary/aromatic N) is 2. The molecule has 4 rings (SSSR count). The number of thioether (sulfide) groups is 1. The van der Waals surface area contributed by atoms with Crippen LogP contribution in [-0.4, -0.2) is 10.2 Å². The van der Waals surface area contributed by atoms with Crippen molar-refractivity contribution in [3.05, 3.63) is 70.0 Å². The summed E-state index contributed by atoms with van der Waals surface area (Å²) in [5.74, 6) is 1.47. The van der Waals surface area contributed by atoms with Crippen molar-refractivity contribution in [1.29, 1.82) is 0 Å². The van der Waals surface area contributed by atoms with Crippen molar-refractivity contribution in [1.82, 2.24) is 10.2 Å². The molecular weight excluding hydrogens is 382 g/mol. The second-order valence-corrected chi connectivity index (χ2v) is 8.07. The van der Waals surface area contributed by atoms with Crippen molar-refractivity contribution < 1.29 is 8.83 Å². The maximum absolute atomic E-state index is 11.9. The lowest BCUT2D eigenvalue weighted by Crippen LogP contribution is -2.00. The van der Waals surface area contributed by atoms with Crippen molar-refractivity contribution in [3.63, 3.8) is 0 Å². The van der Waals surface area contributed by atoms with Crippen LogP contribution >= 0.6 is 23.1 Å². The molecule has 6 nitrogen and oxygen atoms in total. The van der Waals surface area contributed by atoms with Gasteiger partial charge in [-0.05, 0) is 35.7 Å². The van der Waals surface area contributed by atoms with E-state index in [9.17, 15) is 4.79 Å². The van der Waals surface area contributed by atoms with E-state index in [1.807, 2.05) is 24.3 Å². The zero-order valence-electron chi connectivity index (χ0n) is 14.6. The van der Waals surface area contributed by atoms with E-state index in [0.29, 0.717) is 17.9 Å². The van der Waals surface area contributed by atoms with Crippen molar-refractivity contribution >= 4 is 39.2 Å². The predicted molar refractivity (Wildman–Crippen MR) is 107 cm³/mol. The Morgan fingerprint density at radius 2 is 2.15 bits per heavy atom. The number of benzene rings is 1. The molecule has 0 saturated carbocycles. The first-order chi connectivity index (χ1) is 13.2. The van der Waals surface area contributed by atoms with Gasteiger partial charge in [-0.1, -0.05) is 42.2 Å². The van der Waals surface area contributed by atoms with E-state index in [4.69, 9.17) is 8.83 Å².